The molecule has 1 aliphatic heterocycles. The summed E-state index contributed by atoms with van der Waals surface area (Å²) in [4.78, 5) is 12.7. The monoisotopic (exact) mass is 397 g/mol. The van der Waals surface area contributed by atoms with Gasteiger partial charge in [0.1, 0.15) is 17.3 Å². The number of hydrazone groups is 1. The zero-order valence-electron chi connectivity index (χ0n) is 17.0. The summed E-state index contributed by atoms with van der Waals surface area (Å²) >= 11 is 0. The minimum Gasteiger partial charge on any atom is -0.497 e. The molecule has 5 nitrogen and oxygen atoms in total. The largest absolute Gasteiger partial charge is 0.497 e. The van der Waals surface area contributed by atoms with Crippen LogP contribution in [-0.2, 0) is 11.3 Å². The highest BCUT2D eigenvalue weighted by Gasteiger charge is 2.32. The first-order valence-electron chi connectivity index (χ1n) is 10.1. The highest BCUT2D eigenvalue weighted by atomic mass is 19.1. The predicted molar refractivity (Wildman–Crippen MR) is 112 cm³/mol. The second kappa shape index (κ2) is 10.0. The van der Waals surface area contributed by atoms with Crippen molar-refractivity contribution in [2.75, 3.05) is 13.7 Å². The lowest BCUT2D eigenvalue weighted by Gasteiger charge is -2.24. The summed E-state index contributed by atoms with van der Waals surface area (Å²) in [6, 6.07) is 14.0. The van der Waals surface area contributed by atoms with Crippen LogP contribution in [-0.4, -0.2) is 30.3 Å². The Hall–Kier alpha value is -2.89. The van der Waals surface area contributed by atoms with Gasteiger partial charge in [-0.25, -0.2) is 4.39 Å². The fraction of sp³-hybridized carbons (Fsp3) is 0.391. The van der Waals surface area contributed by atoms with Crippen LogP contribution in [0.25, 0.3) is 0 Å². The molecule has 0 bridgehead atoms. The molecule has 0 aromatic heterocycles. The van der Waals surface area contributed by atoms with E-state index in [0.29, 0.717) is 30.8 Å². The Bertz CT molecular complexity index is 851. The van der Waals surface area contributed by atoms with Crippen molar-refractivity contribution >= 4 is 11.6 Å². The maximum atomic E-state index is 14.4. The normalized spacial score (nSPS) is 15.9. The summed E-state index contributed by atoms with van der Waals surface area (Å²) in [7, 11) is 1.62. The molecule has 0 radical (unpaired) electrons. The molecule has 0 saturated heterocycles. The van der Waals surface area contributed by atoms with Gasteiger partial charge >= 0.3 is 0 Å². The van der Waals surface area contributed by atoms with E-state index in [0.717, 1.165) is 30.6 Å². The molecule has 1 aliphatic rings. The summed E-state index contributed by atoms with van der Waals surface area (Å²) in [5.41, 5.74) is 2.01. The van der Waals surface area contributed by atoms with Crippen molar-refractivity contribution < 1.29 is 13.9 Å². The third kappa shape index (κ3) is 5.34. The average molecular weight is 397 g/mol. The van der Waals surface area contributed by atoms with Gasteiger partial charge in [0.05, 0.1) is 13.2 Å². The number of benzene rings is 2. The summed E-state index contributed by atoms with van der Waals surface area (Å²) in [5, 5.41) is 9.34. The predicted octanol–water partition coefficient (Wildman–Crippen LogP) is 4.44. The molecule has 2 aromatic carbocycles. The van der Waals surface area contributed by atoms with E-state index in [1.165, 1.54) is 6.07 Å². The topological polar surface area (TPSA) is 53.9 Å². The number of methoxy groups -OCH3 is 1. The van der Waals surface area contributed by atoms with E-state index < -0.39 is 0 Å². The molecule has 1 heterocycles. The molecule has 0 saturated carbocycles. The van der Waals surface area contributed by atoms with Gasteiger partial charge in [0.15, 0.2) is 0 Å². The molecule has 2 aromatic rings. The lowest BCUT2D eigenvalue weighted by atomic mass is 10.0. The molecule has 0 spiro atoms. The Morgan fingerprint density at radius 1 is 1.21 bits per heavy atom. The van der Waals surface area contributed by atoms with Gasteiger partial charge in [-0.1, -0.05) is 50.1 Å². The van der Waals surface area contributed by atoms with Gasteiger partial charge in [-0.3, -0.25) is 9.80 Å². The van der Waals surface area contributed by atoms with Crippen LogP contribution in [0, 0.1) is 5.82 Å². The van der Waals surface area contributed by atoms with Gasteiger partial charge in [-0.15, -0.1) is 0 Å². The summed E-state index contributed by atoms with van der Waals surface area (Å²) in [6.07, 6.45) is 3.54. The van der Waals surface area contributed by atoms with E-state index >= 15 is 0 Å². The van der Waals surface area contributed by atoms with E-state index in [1.807, 2.05) is 35.3 Å². The quantitative estimate of drug-likeness (QED) is 0.637. The van der Waals surface area contributed by atoms with E-state index in [4.69, 9.17) is 4.74 Å². The molecule has 154 valence electrons. The lowest BCUT2D eigenvalue weighted by Crippen LogP contribution is -2.29. The fourth-order valence-electron chi connectivity index (χ4n) is 3.47. The Morgan fingerprint density at radius 2 is 1.97 bits per heavy atom. The van der Waals surface area contributed by atoms with E-state index in [1.54, 1.807) is 19.2 Å². The number of halogens is 1. The van der Waals surface area contributed by atoms with E-state index in [-0.39, 0.29) is 17.8 Å². The number of carbonyl (C=O) groups is 1. The van der Waals surface area contributed by atoms with Crippen molar-refractivity contribution in [1.82, 2.24) is 10.3 Å². The number of carbonyl (C=O) groups excluding carboxylic acids is 1. The molecule has 6 heteroatoms. The van der Waals surface area contributed by atoms with Crippen molar-refractivity contribution in [1.29, 1.82) is 0 Å². The van der Waals surface area contributed by atoms with Crippen LogP contribution >= 0.6 is 0 Å². The Labute approximate surface area is 171 Å². The van der Waals surface area contributed by atoms with Gasteiger partial charge < -0.3 is 10.1 Å². The molecule has 0 fully saturated rings. The number of rotatable bonds is 9. The zero-order valence-corrected chi connectivity index (χ0v) is 17.0. The number of amides is 1. The minimum atomic E-state index is -0.256. The maximum Gasteiger partial charge on any atom is 0.267 e. The molecular formula is C23H28FN3O2. The summed E-state index contributed by atoms with van der Waals surface area (Å²) < 4.78 is 19.5. The number of hydrogen-bond donors (Lipinski definition) is 1. The van der Waals surface area contributed by atoms with Gasteiger partial charge in [-0.2, -0.15) is 5.10 Å². The smallest absolute Gasteiger partial charge is 0.267 e. The van der Waals surface area contributed by atoms with Crippen LogP contribution in [0.5, 0.6) is 5.75 Å². The van der Waals surface area contributed by atoms with Crippen LogP contribution in [0.1, 0.15) is 49.8 Å². The third-order valence-corrected chi connectivity index (χ3v) is 5.12. The van der Waals surface area contributed by atoms with Gasteiger partial charge in [-0.05, 0) is 30.2 Å². The van der Waals surface area contributed by atoms with E-state index in [2.05, 4.69) is 17.3 Å². The van der Waals surface area contributed by atoms with Crippen molar-refractivity contribution in [2.45, 2.75) is 45.2 Å². The fourth-order valence-corrected chi connectivity index (χ4v) is 3.47. The number of hydrogen-bond acceptors (Lipinski definition) is 4. The number of ether oxygens (including phenoxy) is 1. The SMILES string of the molecule is CCCCCN1N=C(C(=O)NCc2ccc(OC)cc2)CC1c1ccccc1F. The van der Waals surface area contributed by atoms with Crippen LogP contribution < -0.4 is 10.1 Å². The van der Waals surface area contributed by atoms with Crippen molar-refractivity contribution in [2.24, 2.45) is 5.10 Å². The number of unbranched alkanes of at least 4 members (excludes halogenated alkanes) is 2. The third-order valence-electron chi connectivity index (χ3n) is 5.12. The molecule has 3 rings (SSSR count). The molecular weight excluding hydrogens is 369 g/mol. The Kier molecular flexibility index (Phi) is 7.22. The molecule has 1 amide bonds. The first kappa shape index (κ1) is 20.8. The molecule has 1 atom stereocenters. The molecule has 0 aliphatic carbocycles. The Balaban J connectivity index is 1.67. The molecule has 29 heavy (non-hydrogen) atoms. The highest BCUT2D eigenvalue weighted by molar-refractivity contribution is 6.39. The average Bonchev–Trinajstić information content (AvgIpc) is 3.17. The van der Waals surface area contributed by atoms with Gasteiger partial charge in [0.25, 0.3) is 5.91 Å². The maximum absolute atomic E-state index is 14.4. The highest BCUT2D eigenvalue weighted by Crippen LogP contribution is 2.32. The number of nitrogens with zero attached hydrogens (tertiary/aromatic N) is 2. The van der Waals surface area contributed by atoms with Crippen molar-refractivity contribution in [3.05, 3.63) is 65.5 Å². The molecule has 1 unspecified atom stereocenters. The van der Waals surface area contributed by atoms with Crippen molar-refractivity contribution in [3.63, 3.8) is 0 Å². The summed E-state index contributed by atoms with van der Waals surface area (Å²) in [6.45, 7) is 3.25. The minimum absolute atomic E-state index is 0.208. The second-order valence-electron chi connectivity index (χ2n) is 7.19. The lowest BCUT2D eigenvalue weighted by molar-refractivity contribution is -0.115. The van der Waals surface area contributed by atoms with Gasteiger partial charge in [0, 0.05) is 25.1 Å². The second-order valence-corrected chi connectivity index (χ2v) is 7.19. The van der Waals surface area contributed by atoms with Crippen molar-refractivity contribution in [3.8, 4) is 5.75 Å². The van der Waals surface area contributed by atoms with Gasteiger partial charge in [0.2, 0.25) is 0 Å². The van der Waals surface area contributed by atoms with Crippen LogP contribution in [0.15, 0.2) is 53.6 Å². The standard InChI is InChI=1S/C23H28FN3O2/c1-3-4-7-14-27-22(19-8-5-6-9-20(19)24)15-21(26-27)23(28)25-16-17-10-12-18(29-2)13-11-17/h5-6,8-13,22H,3-4,7,14-16H2,1-2H3,(H,25,28). The first-order valence-corrected chi connectivity index (χ1v) is 10.1. The summed E-state index contributed by atoms with van der Waals surface area (Å²) in [5.74, 6) is 0.309. The first-order chi connectivity index (χ1) is 14.1. The van der Waals surface area contributed by atoms with Crippen LogP contribution in [0.3, 0.4) is 0 Å². The Morgan fingerprint density at radius 3 is 2.66 bits per heavy atom. The van der Waals surface area contributed by atoms with Crippen LogP contribution in [0.2, 0.25) is 0 Å². The van der Waals surface area contributed by atoms with E-state index in [9.17, 15) is 9.18 Å². The molecule has 1 N–H and O–H groups in total. The van der Waals surface area contributed by atoms with Crippen LogP contribution in [0.4, 0.5) is 4.39 Å². The number of nitrogens with one attached hydrogen (secondary N) is 1. The zero-order chi connectivity index (χ0) is 20.6.